The summed E-state index contributed by atoms with van der Waals surface area (Å²) in [7, 11) is 0. The first-order valence-corrected chi connectivity index (χ1v) is 6.75. The fraction of sp³-hybridized carbons (Fsp3) is 0.0556. The molecule has 1 aromatic heterocycles. The molecule has 21 heavy (non-hydrogen) atoms. The first-order valence-electron chi connectivity index (χ1n) is 6.75. The van der Waals surface area contributed by atoms with Gasteiger partial charge in [0.15, 0.2) is 5.76 Å². The predicted octanol–water partition coefficient (Wildman–Crippen LogP) is 4.51. The van der Waals surface area contributed by atoms with E-state index in [0.717, 1.165) is 22.4 Å². The zero-order valence-corrected chi connectivity index (χ0v) is 11.7. The zero-order chi connectivity index (χ0) is 14.7. The van der Waals surface area contributed by atoms with Crippen molar-refractivity contribution in [1.82, 2.24) is 0 Å². The number of nitrogens with one attached hydrogen (secondary N) is 1. The molecule has 0 aliphatic rings. The summed E-state index contributed by atoms with van der Waals surface area (Å²) in [5.74, 6) is 0.118. The smallest absolute Gasteiger partial charge is 0.291 e. The lowest BCUT2D eigenvalue weighted by atomic mass is 10.1. The van der Waals surface area contributed by atoms with Crippen LogP contribution in [0.25, 0.3) is 11.1 Å². The first-order chi connectivity index (χ1) is 10.2. The molecule has 1 N–H and O–H groups in total. The van der Waals surface area contributed by atoms with Crippen molar-refractivity contribution in [3.63, 3.8) is 0 Å². The number of amides is 1. The summed E-state index contributed by atoms with van der Waals surface area (Å²) in [6.45, 7) is 1.84. The summed E-state index contributed by atoms with van der Waals surface area (Å²) in [6, 6.07) is 19.6. The van der Waals surface area contributed by atoms with Gasteiger partial charge in [-0.05, 0) is 36.2 Å². The molecule has 2 aromatic carbocycles. The average molecular weight is 277 g/mol. The van der Waals surface area contributed by atoms with Crippen LogP contribution in [0.2, 0.25) is 0 Å². The van der Waals surface area contributed by atoms with E-state index in [-0.39, 0.29) is 5.91 Å². The van der Waals surface area contributed by atoms with Crippen molar-refractivity contribution in [3.05, 3.63) is 78.3 Å². The van der Waals surface area contributed by atoms with Crippen molar-refractivity contribution in [2.45, 2.75) is 6.92 Å². The third-order valence-electron chi connectivity index (χ3n) is 3.32. The average Bonchev–Trinajstić information content (AvgIpc) is 2.95. The Hall–Kier alpha value is -2.81. The number of hydrogen-bond donors (Lipinski definition) is 1. The molecule has 0 spiro atoms. The van der Waals surface area contributed by atoms with Crippen LogP contribution >= 0.6 is 0 Å². The second-order valence-corrected chi connectivity index (χ2v) is 4.83. The highest BCUT2D eigenvalue weighted by Gasteiger charge is 2.12. The minimum absolute atomic E-state index is 0.232. The van der Waals surface area contributed by atoms with Crippen LogP contribution in [0.4, 0.5) is 5.69 Å². The Morgan fingerprint density at radius 1 is 0.905 bits per heavy atom. The SMILES string of the molecule is Cc1ccoc1C(=O)Nc1ccc(-c2ccccc2)cc1. The molecule has 104 valence electrons. The van der Waals surface area contributed by atoms with E-state index in [9.17, 15) is 4.79 Å². The van der Waals surface area contributed by atoms with E-state index in [0.29, 0.717) is 5.76 Å². The van der Waals surface area contributed by atoms with Crippen molar-refractivity contribution in [2.75, 3.05) is 5.32 Å². The van der Waals surface area contributed by atoms with Gasteiger partial charge >= 0.3 is 0 Å². The molecule has 0 atom stereocenters. The normalized spacial score (nSPS) is 10.3. The van der Waals surface area contributed by atoms with Gasteiger partial charge in [0.1, 0.15) is 0 Å². The third-order valence-corrected chi connectivity index (χ3v) is 3.32. The molecule has 1 heterocycles. The highest BCUT2D eigenvalue weighted by molar-refractivity contribution is 6.03. The maximum absolute atomic E-state index is 12.0. The van der Waals surface area contributed by atoms with E-state index in [1.807, 2.05) is 49.4 Å². The Balaban J connectivity index is 1.76. The first kappa shape index (κ1) is 13.2. The third kappa shape index (κ3) is 2.87. The van der Waals surface area contributed by atoms with Crippen LogP contribution in [-0.2, 0) is 0 Å². The summed E-state index contributed by atoms with van der Waals surface area (Å²) in [5, 5.41) is 2.83. The van der Waals surface area contributed by atoms with Crippen molar-refractivity contribution < 1.29 is 9.21 Å². The molecule has 0 radical (unpaired) electrons. The molecule has 3 rings (SSSR count). The zero-order valence-electron chi connectivity index (χ0n) is 11.7. The van der Waals surface area contributed by atoms with Crippen molar-refractivity contribution >= 4 is 11.6 Å². The molecule has 0 saturated heterocycles. The molecular weight excluding hydrogens is 262 g/mol. The van der Waals surface area contributed by atoms with Crippen LogP contribution < -0.4 is 5.32 Å². The van der Waals surface area contributed by atoms with Crippen LogP contribution in [0, 0.1) is 6.92 Å². The number of furan rings is 1. The topological polar surface area (TPSA) is 42.2 Å². The summed E-state index contributed by atoms with van der Waals surface area (Å²) in [5.41, 5.74) is 3.84. The number of rotatable bonds is 3. The fourth-order valence-electron chi connectivity index (χ4n) is 2.17. The van der Waals surface area contributed by atoms with E-state index in [1.165, 1.54) is 6.26 Å². The van der Waals surface area contributed by atoms with Crippen molar-refractivity contribution in [2.24, 2.45) is 0 Å². The van der Waals surface area contributed by atoms with Gasteiger partial charge in [-0.3, -0.25) is 4.79 Å². The molecule has 0 saturated carbocycles. The van der Waals surface area contributed by atoms with Crippen molar-refractivity contribution in [3.8, 4) is 11.1 Å². The number of anilines is 1. The monoisotopic (exact) mass is 277 g/mol. The molecular formula is C18H15NO2. The van der Waals surface area contributed by atoms with E-state index >= 15 is 0 Å². The Bertz CT molecular complexity index is 742. The summed E-state index contributed by atoms with van der Waals surface area (Å²) >= 11 is 0. The van der Waals surface area contributed by atoms with E-state index < -0.39 is 0 Å². The van der Waals surface area contributed by atoms with Gasteiger partial charge < -0.3 is 9.73 Å². The quantitative estimate of drug-likeness (QED) is 0.765. The van der Waals surface area contributed by atoms with Gasteiger partial charge in [-0.2, -0.15) is 0 Å². The molecule has 3 heteroatoms. The van der Waals surface area contributed by atoms with Crippen molar-refractivity contribution in [1.29, 1.82) is 0 Å². The summed E-state index contributed by atoms with van der Waals surface area (Å²) in [6.07, 6.45) is 1.52. The Labute approximate surface area is 123 Å². The number of benzene rings is 2. The summed E-state index contributed by atoms with van der Waals surface area (Å²) in [4.78, 5) is 12.0. The highest BCUT2D eigenvalue weighted by Crippen LogP contribution is 2.21. The van der Waals surface area contributed by atoms with Gasteiger partial charge in [-0.1, -0.05) is 42.5 Å². The molecule has 0 unspecified atom stereocenters. The number of carbonyl (C=O) groups excluding carboxylic acids is 1. The molecule has 3 aromatic rings. The van der Waals surface area contributed by atoms with Crippen LogP contribution in [0.3, 0.4) is 0 Å². The van der Waals surface area contributed by atoms with Crippen LogP contribution in [0.1, 0.15) is 16.1 Å². The molecule has 0 bridgehead atoms. The fourth-order valence-corrected chi connectivity index (χ4v) is 2.17. The second kappa shape index (κ2) is 5.67. The van der Waals surface area contributed by atoms with Crippen LogP contribution in [0.15, 0.2) is 71.3 Å². The lowest BCUT2D eigenvalue weighted by Crippen LogP contribution is -2.11. The predicted molar refractivity (Wildman–Crippen MR) is 83.3 cm³/mol. The van der Waals surface area contributed by atoms with E-state index in [1.54, 1.807) is 6.07 Å². The van der Waals surface area contributed by atoms with E-state index in [2.05, 4.69) is 17.4 Å². The van der Waals surface area contributed by atoms with Gasteiger partial charge in [-0.25, -0.2) is 0 Å². The minimum Gasteiger partial charge on any atom is -0.459 e. The highest BCUT2D eigenvalue weighted by atomic mass is 16.3. The lowest BCUT2D eigenvalue weighted by molar-refractivity contribution is 0.0996. The Morgan fingerprint density at radius 3 is 2.19 bits per heavy atom. The molecule has 3 nitrogen and oxygen atoms in total. The number of hydrogen-bond acceptors (Lipinski definition) is 2. The Morgan fingerprint density at radius 2 is 1.57 bits per heavy atom. The minimum atomic E-state index is -0.232. The maximum Gasteiger partial charge on any atom is 0.291 e. The summed E-state index contributed by atoms with van der Waals surface area (Å²) < 4.78 is 5.18. The van der Waals surface area contributed by atoms with Gasteiger partial charge in [-0.15, -0.1) is 0 Å². The number of carbonyl (C=O) groups is 1. The van der Waals surface area contributed by atoms with Gasteiger partial charge in [0.05, 0.1) is 6.26 Å². The molecule has 0 aliphatic carbocycles. The standard InChI is InChI=1S/C18H15NO2/c1-13-11-12-21-17(13)18(20)19-16-9-7-15(8-10-16)14-5-3-2-4-6-14/h2-12H,1H3,(H,19,20). The van der Waals surface area contributed by atoms with E-state index in [4.69, 9.17) is 4.42 Å². The maximum atomic E-state index is 12.0. The van der Waals surface area contributed by atoms with Gasteiger partial charge in [0, 0.05) is 11.3 Å². The van der Waals surface area contributed by atoms with Gasteiger partial charge in [0.2, 0.25) is 0 Å². The Kier molecular flexibility index (Phi) is 3.56. The largest absolute Gasteiger partial charge is 0.459 e. The molecule has 0 aliphatic heterocycles. The lowest BCUT2D eigenvalue weighted by Gasteiger charge is -2.06. The second-order valence-electron chi connectivity index (χ2n) is 4.83. The van der Waals surface area contributed by atoms with Crippen LogP contribution in [0.5, 0.6) is 0 Å². The number of aryl methyl sites for hydroxylation is 1. The van der Waals surface area contributed by atoms with Gasteiger partial charge in [0.25, 0.3) is 5.91 Å². The molecule has 1 amide bonds. The molecule has 0 fully saturated rings. The van der Waals surface area contributed by atoms with Crippen LogP contribution in [-0.4, -0.2) is 5.91 Å².